The maximum atomic E-state index is 10.8. The van der Waals surface area contributed by atoms with Crippen molar-refractivity contribution in [1.29, 1.82) is 0 Å². The van der Waals surface area contributed by atoms with E-state index in [4.69, 9.17) is 5.11 Å². The van der Waals surface area contributed by atoms with E-state index < -0.39 is 5.97 Å². The molecule has 2 heteroatoms. The third-order valence-electron chi connectivity index (χ3n) is 2.28. The lowest BCUT2D eigenvalue weighted by Gasteiger charge is -2.03. The molecule has 0 spiro atoms. The van der Waals surface area contributed by atoms with E-state index in [1.54, 1.807) is 12.2 Å². The fraction of sp³-hybridized carbons (Fsp3) is 0.0833. The van der Waals surface area contributed by atoms with Gasteiger partial charge in [0.25, 0.3) is 0 Å². The molecule has 0 saturated carbocycles. The van der Waals surface area contributed by atoms with E-state index >= 15 is 0 Å². The summed E-state index contributed by atoms with van der Waals surface area (Å²) in [6, 6.07) is 7.83. The zero-order valence-corrected chi connectivity index (χ0v) is 7.60. The molecule has 1 aliphatic rings. The van der Waals surface area contributed by atoms with Crippen molar-refractivity contribution < 1.29 is 9.90 Å². The van der Waals surface area contributed by atoms with Crippen LogP contribution in [0.3, 0.4) is 0 Å². The third-order valence-corrected chi connectivity index (χ3v) is 2.28. The molecule has 1 aromatic rings. The summed E-state index contributed by atoms with van der Waals surface area (Å²) >= 11 is 0. The Hall–Kier alpha value is -1.83. The smallest absolute Gasteiger partial charge is 0.331 e. The van der Waals surface area contributed by atoms with Crippen molar-refractivity contribution in [3.63, 3.8) is 0 Å². The first-order valence-electron chi connectivity index (χ1n) is 4.46. The van der Waals surface area contributed by atoms with E-state index in [9.17, 15) is 4.79 Å². The number of fused-ring (bicyclic) bond motifs is 1. The van der Waals surface area contributed by atoms with Gasteiger partial charge < -0.3 is 5.11 Å². The summed E-state index contributed by atoms with van der Waals surface area (Å²) in [7, 11) is 0. The number of hydrogen-bond donors (Lipinski definition) is 1. The lowest BCUT2D eigenvalue weighted by atomic mass is 10.0. The van der Waals surface area contributed by atoms with Crippen LogP contribution in [0, 0.1) is 0 Å². The average Bonchev–Trinajstić information content (AvgIpc) is 2.39. The number of hydrogen-bond acceptors (Lipinski definition) is 1. The van der Waals surface area contributed by atoms with Crippen LogP contribution >= 0.6 is 0 Å². The zero-order valence-electron chi connectivity index (χ0n) is 7.60. The fourth-order valence-corrected chi connectivity index (χ4v) is 1.54. The summed E-state index contributed by atoms with van der Waals surface area (Å²) in [5.74, 6) is -0.841. The van der Waals surface area contributed by atoms with E-state index in [-0.39, 0.29) is 0 Å². The third kappa shape index (κ3) is 1.59. The van der Waals surface area contributed by atoms with Gasteiger partial charge in [-0.1, -0.05) is 42.5 Å². The summed E-state index contributed by atoms with van der Waals surface area (Å²) in [4.78, 5) is 10.8. The number of carboxylic acid groups (broad SMARTS) is 1. The number of carbonyl (C=O) groups is 1. The molecule has 0 heterocycles. The van der Waals surface area contributed by atoms with Gasteiger partial charge in [0.2, 0.25) is 0 Å². The van der Waals surface area contributed by atoms with Gasteiger partial charge in [0.1, 0.15) is 0 Å². The van der Waals surface area contributed by atoms with Crippen molar-refractivity contribution in [1.82, 2.24) is 0 Å². The van der Waals surface area contributed by atoms with Gasteiger partial charge in [0, 0.05) is 12.0 Å². The topological polar surface area (TPSA) is 37.3 Å². The second kappa shape index (κ2) is 3.50. The molecule has 2 nitrogen and oxygen atoms in total. The van der Waals surface area contributed by atoms with Gasteiger partial charge in [-0.05, 0) is 11.1 Å². The van der Waals surface area contributed by atoms with Crippen molar-refractivity contribution in [2.24, 2.45) is 0 Å². The van der Waals surface area contributed by atoms with Crippen molar-refractivity contribution in [2.45, 2.75) is 6.42 Å². The number of carboxylic acids is 1. The number of aliphatic carboxylic acids is 1. The molecule has 2 rings (SSSR count). The molecular formula is C12H10O2. The van der Waals surface area contributed by atoms with E-state index in [2.05, 4.69) is 0 Å². The van der Waals surface area contributed by atoms with E-state index in [1.807, 2.05) is 30.3 Å². The summed E-state index contributed by atoms with van der Waals surface area (Å²) in [5, 5.41) is 8.89. The normalized spacial score (nSPS) is 14.1. The second-order valence-electron chi connectivity index (χ2n) is 3.23. The average molecular weight is 186 g/mol. The highest BCUT2D eigenvalue weighted by molar-refractivity contribution is 5.88. The van der Waals surface area contributed by atoms with Crippen LogP contribution in [0.15, 0.2) is 42.0 Å². The molecule has 1 aliphatic carbocycles. The van der Waals surface area contributed by atoms with E-state index in [0.717, 1.165) is 11.1 Å². The van der Waals surface area contributed by atoms with Gasteiger partial charge in [0.05, 0.1) is 0 Å². The molecule has 70 valence electrons. The summed E-state index contributed by atoms with van der Waals surface area (Å²) in [6.45, 7) is 0. The van der Waals surface area contributed by atoms with Crippen LogP contribution in [-0.2, 0) is 11.2 Å². The Morgan fingerprint density at radius 1 is 1.29 bits per heavy atom. The Labute approximate surface area is 82.2 Å². The lowest BCUT2D eigenvalue weighted by Crippen LogP contribution is -2.03. The first-order chi connectivity index (χ1) is 6.77. The molecule has 1 N–H and O–H groups in total. The molecule has 0 unspecified atom stereocenters. The van der Waals surface area contributed by atoms with Crippen LogP contribution in [0.1, 0.15) is 11.1 Å². The van der Waals surface area contributed by atoms with Crippen LogP contribution < -0.4 is 0 Å². The standard InChI is InChI=1S/C12H10O2/c13-12(14)11-7-3-6-9-4-1-2-5-10(9)8-11/h1-7H,8H2,(H,13,14). The van der Waals surface area contributed by atoms with Gasteiger partial charge in [-0.25, -0.2) is 4.79 Å². The van der Waals surface area contributed by atoms with Gasteiger partial charge in [0.15, 0.2) is 0 Å². The van der Waals surface area contributed by atoms with Crippen molar-refractivity contribution in [3.05, 3.63) is 53.1 Å². The maximum Gasteiger partial charge on any atom is 0.331 e. The Morgan fingerprint density at radius 2 is 2.07 bits per heavy atom. The van der Waals surface area contributed by atoms with E-state index in [0.29, 0.717) is 12.0 Å². The molecule has 0 radical (unpaired) electrons. The minimum absolute atomic E-state index is 0.436. The van der Waals surface area contributed by atoms with Gasteiger partial charge >= 0.3 is 5.97 Å². The lowest BCUT2D eigenvalue weighted by molar-refractivity contribution is -0.132. The maximum absolute atomic E-state index is 10.8. The summed E-state index contributed by atoms with van der Waals surface area (Å²) in [6.07, 6.45) is 5.88. The summed E-state index contributed by atoms with van der Waals surface area (Å²) in [5.41, 5.74) is 2.60. The van der Waals surface area contributed by atoms with Gasteiger partial charge in [-0.3, -0.25) is 0 Å². The van der Waals surface area contributed by atoms with Crippen LogP contribution in [0.4, 0.5) is 0 Å². The molecule has 14 heavy (non-hydrogen) atoms. The molecule has 0 amide bonds. The van der Waals surface area contributed by atoms with Gasteiger partial charge in [-0.2, -0.15) is 0 Å². The van der Waals surface area contributed by atoms with Crippen molar-refractivity contribution >= 4 is 12.0 Å². The highest BCUT2D eigenvalue weighted by Crippen LogP contribution is 2.18. The fourth-order valence-electron chi connectivity index (χ4n) is 1.54. The van der Waals surface area contributed by atoms with Crippen LogP contribution in [0.2, 0.25) is 0 Å². The number of benzene rings is 1. The monoisotopic (exact) mass is 186 g/mol. The molecule has 1 aromatic carbocycles. The minimum Gasteiger partial charge on any atom is -0.478 e. The molecular weight excluding hydrogens is 176 g/mol. The number of rotatable bonds is 1. The molecule has 0 aromatic heterocycles. The molecule has 0 bridgehead atoms. The first-order valence-corrected chi connectivity index (χ1v) is 4.46. The Balaban J connectivity index is 2.42. The number of allylic oxidation sites excluding steroid dienone is 2. The van der Waals surface area contributed by atoms with Crippen molar-refractivity contribution in [2.75, 3.05) is 0 Å². The predicted molar refractivity (Wildman–Crippen MR) is 54.9 cm³/mol. The Kier molecular flexibility index (Phi) is 2.19. The minimum atomic E-state index is -0.841. The van der Waals surface area contributed by atoms with Crippen molar-refractivity contribution in [3.8, 4) is 0 Å². The van der Waals surface area contributed by atoms with E-state index in [1.165, 1.54) is 0 Å². The first kappa shape index (κ1) is 8.75. The predicted octanol–water partition coefficient (Wildman–Crippen LogP) is 2.27. The van der Waals surface area contributed by atoms with Gasteiger partial charge in [-0.15, -0.1) is 0 Å². The summed E-state index contributed by atoms with van der Waals surface area (Å²) < 4.78 is 0. The van der Waals surface area contributed by atoms with Crippen LogP contribution in [-0.4, -0.2) is 11.1 Å². The van der Waals surface area contributed by atoms with Crippen LogP contribution in [0.5, 0.6) is 0 Å². The molecule has 0 saturated heterocycles. The molecule has 0 fully saturated rings. The largest absolute Gasteiger partial charge is 0.478 e. The van der Waals surface area contributed by atoms with Crippen LogP contribution in [0.25, 0.3) is 6.08 Å². The zero-order chi connectivity index (χ0) is 9.97. The highest BCUT2D eigenvalue weighted by Gasteiger charge is 2.10. The highest BCUT2D eigenvalue weighted by atomic mass is 16.4. The SMILES string of the molecule is O=C(O)C1=CC=Cc2ccccc2C1. The Morgan fingerprint density at radius 3 is 2.86 bits per heavy atom. The second-order valence-corrected chi connectivity index (χ2v) is 3.23. The Bertz CT molecular complexity index is 428. The molecule has 0 aliphatic heterocycles. The molecule has 0 atom stereocenters. The quantitative estimate of drug-likeness (QED) is 0.730.